The molecule has 84 valence electrons. The number of nitrogens with zero attached hydrogens (tertiary/aromatic N) is 2. The molecule has 0 amide bonds. The maximum absolute atomic E-state index is 9.39. The third-order valence-corrected chi connectivity index (χ3v) is 3.73. The lowest BCUT2D eigenvalue weighted by molar-refractivity contribution is 0.166. The highest BCUT2D eigenvalue weighted by Gasteiger charge is 2.40. The van der Waals surface area contributed by atoms with Crippen molar-refractivity contribution in [2.75, 3.05) is 14.1 Å². The van der Waals surface area contributed by atoms with E-state index in [0.717, 1.165) is 12.8 Å². The minimum Gasteiger partial charge on any atom is -0.306 e. The second-order valence-electron chi connectivity index (χ2n) is 5.33. The number of nitrogens with one attached hydrogen (secondary N) is 1. The zero-order chi connectivity index (χ0) is 10.9. The summed E-state index contributed by atoms with van der Waals surface area (Å²) in [4.78, 5) is 2.26. The maximum atomic E-state index is 9.39. The monoisotopic (exact) mass is 207 g/mol. The summed E-state index contributed by atoms with van der Waals surface area (Å²) in [7, 11) is 4.24. The third kappa shape index (κ3) is 2.50. The van der Waals surface area contributed by atoms with Gasteiger partial charge in [-0.05, 0) is 52.6 Å². The van der Waals surface area contributed by atoms with Crippen LogP contribution in [0.5, 0.6) is 0 Å². The molecular weight excluding hydrogens is 186 g/mol. The third-order valence-electron chi connectivity index (χ3n) is 3.73. The van der Waals surface area contributed by atoms with Crippen molar-refractivity contribution in [3.05, 3.63) is 0 Å². The van der Waals surface area contributed by atoms with E-state index in [1.54, 1.807) is 0 Å². The number of hydrogen-bond acceptors (Lipinski definition) is 3. The van der Waals surface area contributed by atoms with E-state index < -0.39 is 0 Å². The van der Waals surface area contributed by atoms with Crippen molar-refractivity contribution >= 4 is 0 Å². The van der Waals surface area contributed by atoms with Crippen LogP contribution in [0.15, 0.2) is 0 Å². The predicted molar refractivity (Wildman–Crippen MR) is 60.4 cm³/mol. The van der Waals surface area contributed by atoms with Gasteiger partial charge in [0, 0.05) is 12.1 Å². The van der Waals surface area contributed by atoms with E-state index in [4.69, 9.17) is 0 Å². The van der Waals surface area contributed by atoms with E-state index in [1.165, 1.54) is 25.7 Å². The Labute approximate surface area is 92.4 Å². The van der Waals surface area contributed by atoms with Crippen LogP contribution in [0.3, 0.4) is 0 Å². The van der Waals surface area contributed by atoms with Gasteiger partial charge in [-0.2, -0.15) is 5.26 Å². The van der Waals surface area contributed by atoms with Crippen molar-refractivity contribution in [1.29, 1.82) is 5.26 Å². The van der Waals surface area contributed by atoms with Crippen LogP contribution in [0.2, 0.25) is 0 Å². The van der Waals surface area contributed by atoms with Crippen LogP contribution < -0.4 is 5.32 Å². The Kier molecular flexibility index (Phi) is 2.99. The Balaban J connectivity index is 2.00. The first-order chi connectivity index (χ1) is 7.15. The van der Waals surface area contributed by atoms with E-state index in [-0.39, 0.29) is 5.54 Å². The van der Waals surface area contributed by atoms with Gasteiger partial charge < -0.3 is 4.90 Å². The van der Waals surface area contributed by atoms with Crippen LogP contribution >= 0.6 is 0 Å². The zero-order valence-corrected chi connectivity index (χ0v) is 9.79. The van der Waals surface area contributed by atoms with E-state index >= 15 is 0 Å². The summed E-state index contributed by atoms with van der Waals surface area (Å²) in [6, 6.07) is 3.74. The smallest absolute Gasteiger partial charge is 0.108 e. The van der Waals surface area contributed by atoms with Crippen LogP contribution in [0.4, 0.5) is 0 Å². The quantitative estimate of drug-likeness (QED) is 0.762. The van der Waals surface area contributed by atoms with Crippen molar-refractivity contribution in [3.63, 3.8) is 0 Å². The lowest BCUT2D eigenvalue weighted by Crippen LogP contribution is -2.52. The molecule has 0 aromatic carbocycles. The molecule has 0 heterocycles. The van der Waals surface area contributed by atoms with Gasteiger partial charge in [-0.1, -0.05) is 0 Å². The first-order valence-corrected chi connectivity index (χ1v) is 6.01. The molecule has 0 saturated heterocycles. The van der Waals surface area contributed by atoms with Crippen molar-refractivity contribution in [1.82, 2.24) is 10.2 Å². The van der Waals surface area contributed by atoms with Gasteiger partial charge in [0.05, 0.1) is 6.07 Å². The fourth-order valence-electron chi connectivity index (χ4n) is 2.57. The molecule has 0 aromatic rings. The molecule has 2 rings (SSSR count). The van der Waals surface area contributed by atoms with Gasteiger partial charge in [0.15, 0.2) is 0 Å². The van der Waals surface area contributed by atoms with Crippen LogP contribution in [-0.2, 0) is 0 Å². The molecule has 0 aliphatic heterocycles. The first kappa shape index (κ1) is 10.9. The standard InChI is InChI=1S/C12H21N3/c1-15(2)11-4-3-7-12(8-11,9-13)14-10-5-6-10/h10-11,14H,3-8H2,1-2H3. The van der Waals surface area contributed by atoms with Crippen molar-refractivity contribution in [2.45, 2.75) is 56.1 Å². The predicted octanol–water partition coefficient (Wildman–Crippen LogP) is 1.50. The van der Waals surface area contributed by atoms with Crippen molar-refractivity contribution < 1.29 is 0 Å². The van der Waals surface area contributed by atoms with Crippen LogP contribution in [0, 0.1) is 11.3 Å². The van der Waals surface area contributed by atoms with Crippen molar-refractivity contribution in [3.8, 4) is 6.07 Å². The summed E-state index contributed by atoms with van der Waals surface area (Å²) in [5.41, 5.74) is -0.228. The van der Waals surface area contributed by atoms with E-state index in [2.05, 4.69) is 30.4 Å². The van der Waals surface area contributed by atoms with Gasteiger partial charge in [-0.3, -0.25) is 5.32 Å². The summed E-state index contributed by atoms with van der Waals surface area (Å²) < 4.78 is 0. The average Bonchev–Trinajstić information content (AvgIpc) is 3.02. The molecule has 2 saturated carbocycles. The Bertz CT molecular complexity index is 265. The number of hydrogen-bond donors (Lipinski definition) is 1. The Morgan fingerprint density at radius 2 is 2.07 bits per heavy atom. The highest BCUT2D eigenvalue weighted by molar-refractivity contribution is 5.13. The Morgan fingerprint density at radius 3 is 2.60 bits per heavy atom. The SMILES string of the molecule is CN(C)C1CCCC(C#N)(NC2CC2)C1. The van der Waals surface area contributed by atoms with Crippen LogP contribution in [0.25, 0.3) is 0 Å². The fraction of sp³-hybridized carbons (Fsp3) is 0.917. The summed E-state index contributed by atoms with van der Waals surface area (Å²) >= 11 is 0. The average molecular weight is 207 g/mol. The topological polar surface area (TPSA) is 39.1 Å². The van der Waals surface area contributed by atoms with Gasteiger partial charge in [0.25, 0.3) is 0 Å². The largest absolute Gasteiger partial charge is 0.306 e. The molecule has 15 heavy (non-hydrogen) atoms. The number of nitriles is 1. The molecule has 3 heteroatoms. The molecule has 0 aromatic heterocycles. The molecule has 3 nitrogen and oxygen atoms in total. The highest BCUT2D eigenvalue weighted by Crippen LogP contribution is 2.33. The lowest BCUT2D eigenvalue weighted by atomic mass is 9.79. The maximum Gasteiger partial charge on any atom is 0.108 e. The molecule has 2 aliphatic carbocycles. The van der Waals surface area contributed by atoms with Gasteiger partial charge >= 0.3 is 0 Å². The molecule has 2 fully saturated rings. The van der Waals surface area contributed by atoms with Gasteiger partial charge in [0.2, 0.25) is 0 Å². The molecule has 0 spiro atoms. The van der Waals surface area contributed by atoms with Crippen LogP contribution in [0.1, 0.15) is 38.5 Å². The molecule has 2 aliphatic rings. The van der Waals surface area contributed by atoms with Gasteiger partial charge in [-0.15, -0.1) is 0 Å². The second-order valence-corrected chi connectivity index (χ2v) is 5.33. The summed E-state index contributed by atoms with van der Waals surface area (Å²) in [6.07, 6.45) is 6.96. The summed E-state index contributed by atoms with van der Waals surface area (Å²) in [5.74, 6) is 0. The van der Waals surface area contributed by atoms with E-state index in [0.29, 0.717) is 12.1 Å². The Hall–Kier alpha value is -0.590. The van der Waals surface area contributed by atoms with Gasteiger partial charge in [-0.25, -0.2) is 0 Å². The fourth-order valence-corrected chi connectivity index (χ4v) is 2.57. The molecule has 1 N–H and O–H groups in total. The molecule has 2 atom stereocenters. The van der Waals surface area contributed by atoms with Crippen molar-refractivity contribution in [2.24, 2.45) is 0 Å². The Morgan fingerprint density at radius 1 is 1.33 bits per heavy atom. The summed E-state index contributed by atoms with van der Waals surface area (Å²) in [6.45, 7) is 0. The van der Waals surface area contributed by atoms with Crippen LogP contribution in [-0.4, -0.2) is 36.6 Å². The molecule has 2 unspecified atom stereocenters. The van der Waals surface area contributed by atoms with E-state index in [1.807, 2.05) is 0 Å². The lowest BCUT2D eigenvalue weighted by Gasteiger charge is -2.39. The summed E-state index contributed by atoms with van der Waals surface area (Å²) in [5, 5.41) is 12.9. The first-order valence-electron chi connectivity index (χ1n) is 6.01. The second kappa shape index (κ2) is 4.11. The minimum atomic E-state index is -0.228. The zero-order valence-electron chi connectivity index (χ0n) is 9.79. The molecular formula is C12H21N3. The minimum absolute atomic E-state index is 0.228. The van der Waals surface area contributed by atoms with Gasteiger partial charge in [0.1, 0.15) is 5.54 Å². The molecule has 0 bridgehead atoms. The van der Waals surface area contributed by atoms with E-state index in [9.17, 15) is 5.26 Å². The number of rotatable bonds is 3. The highest BCUT2D eigenvalue weighted by atomic mass is 15.1. The normalized spacial score (nSPS) is 36.5. The molecule has 0 radical (unpaired) electrons.